The molecule has 0 aromatic carbocycles. The van der Waals surface area contributed by atoms with E-state index in [0.717, 1.165) is 30.0 Å². The van der Waals surface area contributed by atoms with E-state index in [0.29, 0.717) is 24.4 Å². The molecule has 4 rings (SSSR count). The highest BCUT2D eigenvalue weighted by Gasteiger charge is 2.29. The third kappa shape index (κ3) is 2.52. The Morgan fingerprint density at radius 3 is 3.10 bits per heavy atom. The predicted octanol–water partition coefficient (Wildman–Crippen LogP) is 3.73. The molecular weight excluding hydrogens is 286 g/mol. The van der Waals surface area contributed by atoms with Crippen LogP contribution in [0.2, 0.25) is 0 Å². The van der Waals surface area contributed by atoms with Gasteiger partial charge in [-0.05, 0) is 43.0 Å². The Balaban J connectivity index is 1.51. The van der Waals surface area contributed by atoms with Gasteiger partial charge in [-0.1, -0.05) is 6.07 Å². The fourth-order valence-electron chi connectivity index (χ4n) is 2.81. The average molecular weight is 301 g/mol. The molecule has 3 aromatic heterocycles. The van der Waals surface area contributed by atoms with E-state index in [9.17, 15) is 0 Å². The van der Waals surface area contributed by atoms with Crippen LogP contribution in [0.1, 0.15) is 30.5 Å². The molecule has 0 amide bonds. The summed E-state index contributed by atoms with van der Waals surface area (Å²) in [6.07, 6.45) is 4.00. The topological polar surface area (TPSA) is 55.3 Å². The Kier molecular flexibility index (Phi) is 3.33. The van der Waals surface area contributed by atoms with Gasteiger partial charge in [0.05, 0.1) is 23.7 Å². The van der Waals surface area contributed by atoms with Crippen molar-refractivity contribution in [2.24, 2.45) is 0 Å². The fourth-order valence-corrected chi connectivity index (χ4v) is 3.45. The summed E-state index contributed by atoms with van der Waals surface area (Å²) in [5.74, 6) is 2.29. The molecule has 5 nitrogen and oxygen atoms in total. The van der Waals surface area contributed by atoms with Crippen LogP contribution in [0.15, 0.2) is 44.7 Å². The highest BCUT2D eigenvalue weighted by atomic mass is 32.1. The van der Waals surface area contributed by atoms with Crippen LogP contribution >= 0.6 is 11.3 Å². The van der Waals surface area contributed by atoms with Crippen LogP contribution in [0.25, 0.3) is 10.8 Å². The van der Waals surface area contributed by atoms with E-state index in [2.05, 4.69) is 15.1 Å². The molecule has 3 aromatic rings. The molecule has 4 heterocycles. The van der Waals surface area contributed by atoms with E-state index >= 15 is 0 Å². The van der Waals surface area contributed by atoms with Crippen molar-refractivity contribution in [2.75, 3.05) is 6.54 Å². The molecule has 21 heavy (non-hydrogen) atoms. The highest BCUT2D eigenvalue weighted by molar-refractivity contribution is 7.13. The zero-order valence-electron chi connectivity index (χ0n) is 11.4. The largest absolute Gasteiger partial charge is 0.468 e. The van der Waals surface area contributed by atoms with Crippen molar-refractivity contribution in [3.05, 3.63) is 47.6 Å². The second kappa shape index (κ2) is 5.46. The Morgan fingerprint density at radius 2 is 2.29 bits per heavy atom. The number of likely N-dealkylation sites (tertiary alicyclic amines) is 1. The Hall–Kier alpha value is -1.92. The maximum absolute atomic E-state index is 5.77. The molecule has 0 spiro atoms. The minimum Gasteiger partial charge on any atom is -0.468 e. The number of rotatable bonds is 4. The predicted molar refractivity (Wildman–Crippen MR) is 78.7 cm³/mol. The van der Waals surface area contributed by atoms with Crippen LogP contribution in [0.3, 0.4) is 0 Å². The van der Waals surface area contributed by atoms with Gasteiger partial charge in [-0.3, -0.25) is 4.90 Å². The minimum absolute atomic E-state index is 0.317. The summed E-state index contributed by atoms with van der Waals surface area (Å²) >= 11 is 1.61. The summed E-state index contributed by atoms with van der Waals surface area (Å²) in [4.78, 5) is 3.35. The molecule has 1 aliphatic heterocycles. The SMILES string of the molecule is c1coc([C@H]2CCCN2Cc2nnc(-c3cccs3)o2)c1. The van der Waals surface area contributed by atoms with Gasteiger partial charge >= 0.3 is 0 Å². The molecule has 0 unspecified atom stereocenters. The zero-order chi connectivity index (χ0) is 14.1. The minimum atomic E-state index is 0.317. The zero-order valence-corrected chi connectivity index (χ0v) is 12.3. The standard InChI is InChI=1S/C15H15N3O2S/c1-4-11(12-5-2-8-19-12)18(7-1)10-14-16-17-15(20-14)13-6-3-9-21-13/h2-3,5-6,8-9,11H,1,4,7,10H2/t11-/m1/s1. The molecule has 0 saturated carbocycles. The first-order valence-corrected chi connectivity index (χ1v) is 7.92. The molecule has 1 saturated heterocycles. The quantitative estimate of drug-likeness (QED) is 0.735. The van der Waals surface area contributed by atoms with Crippen LogP contribution in [-0.2, 0) is 6.54 Å². The lowest BCUT2D eigenvalue weighted by Crippen LogP contribution is -2.22. The number of aromatic nitrogens is 2. The summed E-state index contributed by atoms with van der Waals surface area (Å²) in [5.41, 5.74) is 0. The molecule has 0 radical (unpaired) electrons. The smallest absolute Gasteiger partial charge is 0.257 e. The molecular formula is C15H15N3O2S. The molecule has 0 N–H and O–H groups in total. The van der Waals surface area contributed by atoms with E-state index in [1.165, 1.54) is 0 Å². The van der Waals surface area contributed by atoms with Gasteiger partial charge in [0.25, 0.3) is 5.89 Å². The first-order chi connectivity index (χ1) is 10.4. The van der Waals surface area contributed by atoms with Crippen LogP contribution in [0, 0.1) is 0 Å². The lowest BCUT2D eigenvalue weighted by molar-refractivity contribution is 0.202. The van der Waals surface area contributed by atoms with Gasteiger partial charge in [0.1, 0.15) is 5.76 Å². The van der Waals surface area contributed by atoms with Crippen molar-refractivity contribution < 1.29 is 8.83 Å². The van der Waals surface area contributed by atoms with E-state index in [1.54, 1.807) is 17.6 Å². The number of furan rings is 1. The average Bonchev–Trinajstić information content (AvgIpc) is 3.28. The molecule has 1 atom stereocenters. The van der Waals surface area contributed by atoms with Crippen LogP contribution in [0.5, 0.6) is 0 Å². The first-order valence-electron chi connectivity index (χ1n) is 7.04. The normalized spacial score (nSPS) is 19.3. The van der Waals surface area contributed by atoms with Crippen molar-refractivity contribution in [2.45, 2.75) is 25.4 Å². The van der Waals surface area contributed by atoms with Crippen molar-refractivity contribution in [3.8, 4) is 10.8 Å². The van der Waals surface area contributed by atoms with Crippen LogP contribution < -0.4 is 0 Å². The number of hydrogen-bond acceptors (Lipinski definition) is 6. The molecule has 0 aliphatic carbocycles. The second-order valence-corrected chi connectivity index (χ2v) is 6.07. The monoisotopic (exact) mass is 301 g/mol. The summed E-state index contributed by atoms with van der Waals surface area (Å²) in [6, 6.07) is 8.26. The van der Waals surface area contributed by atoms with Gasteiger partial charge in [-0.2, -0.15) is 0 Å². The first kappa shape index (κ1) is 12.8. The van der Waals surface area contributed by atoms with Gasteiger partial charge in [0.2, 0.25) is 5.89 Å². The third-order valence-electron chi connectivity index (χ3n) is 3.77. The van der Waals surface area contributed by atoms with Crippen LogP contribution in [0.4, 0.5) is 0 Å². The second-order valence-electron chi connectivity index (χ2n) is 5.12. The molecule has 1 fully saturated rings. The number of hydrogen-bond donors (Lipinski definition) is 0. The summed E-state index contributed by atoms with van der Waals surface area (Å²) in [6.45, 7) is 1.70. The molecule has 0 bridgehead atoms. The molecule has 108 valence electrons. The lowest BCUT2D eigenvalue weighted by Gasteiger charge is -2.20. The van der Waals surface area contributed by atoms with E-state index in [1.807, 2.05) is 29.6 Å². The number of thiophene rings is 1. The van der Waals surface area contributed by atoms with Crippen molar-refractivity contribution in [1.29, 1.82) is 0 Å². The fraction of sp³-hybridized carbons (Fsp3) is 0.333. The summed E-state index contributed by atoms with van der Waals surface area (Å²) < 4.78 is 11.3. The third-order valence-corrected chi connectivity index (χ3v) is 4.63. The van der Waals surface area contributed by atoms with Gasteiger partial charge in [-0.25, -0.2) is 0 Å². The Labute approximate surface area is 126 Å². The van der Waals surface area contributed by atoms with Crippen molar-refractivity contribution in [3.63, 3.8) is 0 Å². The van der Waals surface area contributed by atoms with Gasteiger partial charge in [0, 0.05) is 0 Å². The maximum atomic E-state index is 5.77. The van der Waals surface area contributed by atoms with E-state index in [4.69, 9.17) is 8.83 Å². The molecule has 1 aliphatic rings. The van der Waals surface area contributed by atoms with Crippen molar-refractivity contribution >= 4 is 11.3 Å². The van der Waals surface area contributed by atoms with Gasteiger partial charge < -0.3 is 8.83 Å². The number of nitrogens with zero attached hydrogens (tertiary/aromatic N) is 3. The van der Waals surface area contributed by atoms with Crippen molar-refractivity contribution in [1.82, 2.24) is 15.1 Å². The lowest BCUT2D eigenvalue weighted by atomic mass is 10.2. The Morgan fingerprint density at radius 1 is 1.29 bits per heavy atom. The van der Waals surface area contributed by atoms with Gasteiger partial charge in [-0.15, -0.1) is 21.5 Å². The van der Waals surface area contributed by atoms with E-state index < -0.39 is 0 Å². The van der Waals surface area contributed by atoms with Gasteiger partial charge in [0.15, 0.2) is 0 Å². The summed E-state index contributed by atoms with van der Waals surface area (Å²) in [7, 11) is 0. The van der Waals surface area contributed by atoms with E-state index in [-0.39, 0.29) is 0 Å². The summed E-state index contributed by atoms with van der Waals surface area (Å²) in [5, 5.41) is 10.3. The maximum Gasteiger partial charge on any atom is 0.257 e. The van der Waals surface area contributed by atoms with Crippen LogP contribution in [-0.4, -0.2) is 21.6 Å². The molecule has 6 heteroatoms. The highest BCUT2D eigenvalue weighted by Crippen LogP contribution is 2.33. The Bertz CT molecular complexity index is 690.